The second-order valence-electron chi connectivity index (χ2n) is 5.19. The fourth-order valence-corrected chi connectivity index (χ4v) is 1.85. The minimum atomic E-state index is -1.04. The molecule has 1 atom stereocenters. The van der Waals surface area contributed by atoms with Crippen LogP contribution in [0.2, 0.25) is 0 Å². The van der Waals surface area contributed by atoms with Crippen LogP contribution in [0.4, 0.5) is 4.79 Å². The van der Waals surface area contributed by atoms with Crippen LogP contribution in [0.3, 0.4) is 0 Å². The monoisotopic (exact) mass is 279 g/mol. The Kier molecular flexibility index (Phi) is 5.55. The molecule has 1 rings (SSSR count). The van der Waals surface area contributed by atoms with Crippen molar-refractivity contribution in [2.45, 2.75) is 39.8 Å². The van der Waals surface area contributed by atoms with Crippen molar-refractivity contribution in [2.24, 2.45) is 5.41 Å². The van der Waals surface area contributed by atoms with Crippen molar-refractivity contribution in [1.82, 2.24) is 5.32 Å². The highest BCUT2D eigenvalue weighted by molar-refractivity contribution is 5.76. The third kappa shape index (κ3) is 4.26. The minimum absolute atomic E-state index is 0.163. The molecule has 1 aromatic rings. The van der Waals surface area contributed by atoms with E-state index in [1.165, 1.54) is 0 Å². The maximum Gasteiger partial charge on any atom is 0.407 e. The van der Waals surface area contributed by atoms with Crippen LogP contribution in [-0.4, -0.2) is 23.2 Å². The number of carbonyl (C=O) groups is 2. The molecule has 0 saturated carbocycles. The summed E-state index contributed by atoms with van der Waals surface area (Å²) in [7, 11) is 0. The lowest BCUT2D eigenvalue weighted by Crippen LogP contribution is -2.48. The third-order valence-corrected chi connectivity index (χ3v) is 3.34. The van der Waals surface area contributed by atoms with Gasteiger partial charge in [-0.2, -0.15) is 0 Å². The van der Waals surface area contributed by atoms with Gasteiger partial charge in [-0.3, -0.25) is 4.79 Å². The van der Waals surface area contributed by atoms with E-state index in [4.69, 9.17) is 4.74 Å². The summed E-state index contributed by atoms with van der Waals surface area (Å²) in [5.74, 6) is -0.951. The topological polar surface area (TPSA) is 75.6 Å². The molecule has 0 radical (unpaired) electrons. The number of carboxylic acid groups (broad SMARTS) is 1. The van der Waals surface area contributed by atoms with Crippen molar-refractivity contribution in [3.05, 3.63) is 35.9 Å². The largest absolute Gasteiger partial charge is 0.481 e. The van der Waals surface area contributed by atoms with Gasteiger partial charge >= 0.3 is 12.1 Å². The normalized spacial score (nSPS) is 12.6. The summed E-state index contributed by atoms with van der Waals surface area (Å²) in [5, 5.41) is 11.8. The Balaban J connectivity index is 2.54. The second-order valence-corrected chi connectivity index (χ2v) is 5.19. The number of ether oxygens (including phenoxy) is 1. The molecule has 0 spiro atoms. The Labute approximate surface area is 118 Å². The van der Waals surface area contributed by atoms with E-state index >= 15 is 0 Å². The van der Waals surface area contributed by atoms with Gasteiger partial charge in [-0.15, -0.1) is 0 Å². The Bertz CT molecular complexity index is 456. The molecule has 0 saturated heterocycles. The van der Waals surface area contributed by atoms with Gasteiger partial charge in [0.25, 0.3) is 0 Å². The molecule has 1 amide bonds. The van der Waals surface area contributed by atoms with Gasteiger partial charge in [0.05, 0.1) is 5.41 Å². The zero-order valence-corrected chi connectivity index (χ0v) is 12.1. The van der Waals surface area contributed by atoms with Gasteiger partial charge in [-0.05, 0) is 25.8 Å². The SMILES string of the molecule is CC[C@@H](NC(=O)OCc1ccccc1)C(C)(C)C(=O)O. The first kappa shape index (κ1) is 16.0. The second kappa shape index (κ2) is 6.93. The highest BCUT2D eigenvalue weighted by atomic mass is 16.5. The van der Waals surface area contributed by atoms with Crippen LogP contribution in [0.5, 0.6) is 0 Å². The van der Waals surface area contributed by atoms with Gasteiger partial charge in [0.2, 0.25) is 0 Å². The number of rotatable bonds is 6. The fraction of sp³-hybridized carbons (Fsp3) is 0.467. The van der Waals surface area contributed by atoms with Crippen molar-refractivity contribution >= 4 is 12.1 Å². The van der Waals surface area contributed by atoms with E-state index in [1.54, 1.807) is 13.8 Å². The van der Waals surface area contributed by atoms with E-state index < -0.39 is 23.5 Å². The Morgan fingerprint density at radius 3 is 2.40 bits per heavy atom. The van der Waals surface area contributed by atoms with E-state index in [2.05, 4.69) is 5.32 Å². The molecular formula is C15H21NO4. The van der Waals surface area contributed by atoms with E-state index in [0.29, 0.717) is 6.42 Å². The molecule has 0 aliphatic carbocycles. The molecule has 0 bridgehead atoms. The van der Waals surface area contributed by atoms with E-state index in [1.807, 2.05) is 37.3 Å². The molecule has 0 aliphatic rings. The number of carbonyl (C=O) groups excluding carboxylic acids is 1. The zero-order valence-electron chi connectivity index (χ0n) is 12.1. The lowest BCUT2D eigenvalue weighted by molar-refractivity contribution is -0.148. The Morgan fingerprint density at radius 2 is 1.90 bits per heavy atom. The Morgan fingerprint density at radius 1 is 1.30 bits per heavy atom. The predicted octanol–water partition coefficient (Wildman–Crippen LogP) is 2.80. The molecule has 1 aromatic carbocycles. The number of benzene rings is 1. The molecule has 20 heavy (non-hydrogen) atoms. The highest BCUT2D eigenvalue weighted by Crippen LogP contribution is 2.23. The van der Waals surface area contributed by atoms with Crippen LogP contribution in [-0.2, 0) is 16.1 Å². The maximum absolute atomic E-state index is 11.7. The molecule has 5 heteroatoms. The van der Waals surface area contributed by atoms with Gasteiger partial charge in [-0.25, -0.2) is 4.79 Å². The molecule has 0 aliphatic heterocycles. The number of hydrogen-bond acceptors (Lipinski definition) is 3. The van der Waals surface area contributed by atoms with Crippen LogP contribution < -0.4 is 5.32 Å². The molecule has 0 aromatic heterocycles. The molecule has 110 valence electrons. The van der Waals surface area contributed by atoms with Crippen LogP contribution >= 0.6 is 0 Å². The minimum Gasteiger partial charge on any atom is -0.481 e. The van der Waals surface area contributed by atoms with Crippen molar-refractivity contribution in [1.29, 1.82) is 0 Å². The van der Waals surface area contributed by atoms with Crippen LogP contribution in [0, 0.1) is 5.41 Å². The zero-order chi connectivity index (χ0) is 15.2. The predicted molar refractivity (Wildman–Crippen MR) is 75.3 cm³/mol. The number of hydrogen-bond donors (Lipinski definition) is 2. The summed E-state index contributed by atoms with van der Waals surface area (Å²) < 4.78 is 5.09. The maximum atomic E-state index is 11.7. The van der Waals surface area contributed by atoms with Gasteiger partial charge in [0.1, 0.15) is 6.61 Å². The smallest absolute Gasteiger partial charge is 0.407 e. The van der Waals surface area contributed by atoms with Crippen molar-refractivity contribution in [3.8, 4) is 0 Å². The summed E-state index contributed by atoms with van der Waals surface area (Å²) in [6.07, 6.45) is -0.0882. The number of aliphatic carboxylic acids is 1. The van der Waals surface area contributed by atoms with Crippen LogP contribution in [0.25, 0.3) is 0 Å². The first-order valence-electron chi connectivity index (χ1n) is 6.58. The van der Waals surface area contributed by atoms with Gasteiger partial charge < -0.3 is 15.2 Å². The van der Waals surface area contributed by atoms with E-state index in [-0.39, 0.29) is 6.61 Å². The third-order valence-electron chi connectivity index (χ3n) is 3.34. The summed E-state index contributed by atoms with van der Waals surface area (Å²) in [6, 6.07) is 8.82. The number of amides is 1. The van der Waals surface area contributed by atoms with Gasteiger partial charge in [0, 0.05) is 6.04 Å². The quantitative estimate of drug-likeness (QED) is 0.839. The molecule has 0 heterocycles. The molecule has 0 unspecified atom stereocenters. The summed E-state index contributed by atoms with van der Waals surface area (Å²) >= 11 is 0. The number of alkyl carbamates (subject to hydrolysis) is 1. The number of carboxylic acids is 1. The standard InChI is InChI=1S/C15H21NO4/c1-4-12(15(2,3)13(17)18)16-14(19)20-10-11-8-6-5-7-9-11/h5-9,12H,4,10H2,1-3H3,(H,16,19)(H,17,18)/t12-/m1/s1. The molecular weight excluding hydrogens is 258 g/mol. The number of nitrogens with one attached hydrogen (secondary N) is 1. The fourth-order valence-electron chi connectivity index (χ4n) is 1.85. The summed E-state index contributed by atoms with van der Waals surface area (Å²) in [5.41, 5.74) is -0.159. The van der Waals surface area contributed by atoms with Crippen LogP contribution in [0.1, 0.15) is 32.8 Å². The first-order chi connectivity index (χ1) is 9.37. The summed E-state index contributed by atoms with van der Waals surface area (Å²) in [4.78, 5) is 22.9. The lowest BCUT2D eigenvalue weighted by atomic mass is 9.83. The average Bonchev–Trinajstić information content (AvgIpc) is 2.43. The van der Waals surface area contributed by atoms with Gasteiger partial charge in [-0.1, -0.05) is 37.3 Å². The van der Waals surface area contributed by atoms with Gasteiger partial charge in [0.15, 0.2) is 0 Å². The van der Waals surface area contributed by atoms with E-state index in [0.717, 1.165) is 5.56 Å². The molecule has 5 nitrogen and oxygen atoms in total. The van der Waals surface area contributed by atoms with E-state index in [9.17, 15) is 14.7 Å². The van der Waals surface area contributed by atoms with Crippen LogP contribution in [0.15, 0.2) is 30.3 Å². The Hall–Kier alpha value is -2.04. The molecule has 2 N–H and O–H groups in total. The summed E-state index contributed by atoms with van der Waals surface area (Å²) in [6.45, 7) is 5.16. The first-order valence-corrected chi connectivity index (χ1v) is 6.58. The average molecular weight is 279 g/mol. The van der Waals surface area contributed by atoms with Crippen molar-refractivity contribution < 1.29 is 19.4 Å². The van der Waals surface area contributed by atoms with Crippen molar-refractivity contribution in [3.63, 3.8) is 0 Å². The van der Waals surface area contributed by atoms with Crippen molar-refractivity contribution in [2.75, 3.05) is 0 Å². The highest BCUT2D eigenvalue weighted by Gasteiger charge is 2.37. The lowest BCUT2D eigenvalue weighted by Gasteiger charge is -2.29. The molecule has 0 fully saturated rings.